The van der Waals surface area contributed by atoms with E-state index in [1.165, 1.54) is 19.3 Å². The number of amides is 1. The average Bonchev–Trinajstić information content (AvgIpc) is 2.33. The zero-order valence-corrected chi connectivity index (χ0v) is 10.8. The van der Waals surface area contributed by atoms with Gasteiger partial charge in [-0.05, 0) is 23.8 Å². The minimum atomic E-state index is -0.583. The highest BCUT2D eigenvalue weighted by molar-refractivity contribution is 6.30. The van der Waals surface area contributed by atoms with E-state index in [4.69, 9.17) is 11.6 Å². The van der Waals surface area contributed by atoms with Crippen LogP contribution >= 0.6 is 11.6 Å². The molecule has 3 heteroatoms. The second-order valence-electron chi connectivity index (χ2n) is 5.16. The quantitative estimate of drug-likeness (QED) is 0.818. The monoisotopic (exact) mass is 251 g/mol. The van der Waals surface area contributed by atoms with E-state index in [2.05, 4.69) is 12.2 Å². The van der Waals surface area contributed by atoms with E-state index >= 15 is 0 Å². The van der Waals surface area contributed by atoms with Gasteiger partial charge in [-0.2, -0.15) is 0 Å². The van der Waals surface area contributed by atoms with Crippen molar-refractivity contribution in [2.24, 2.45) is 5.41 Å². The Balaban J connectivity index is 1.87. The molecule has 1 atom stereocenters. The van der Waals surface area contributed by atoms with Gasteiger partial charge in [0.15, 0.2) is 0 Å². The highest BCUT2D eigenvalue weighted by Crippen LogP contribution is 2.39. The van der Waals surface area contributed by atoms with Crippen LogP contribution in [-0.4, -0.2) is 12.5 Å². The van der Waals surface area contributed by atoms with E-state index in [0.717, 1.165) is 12.1 Å². The molecule has 2 rings (SSSR count). The second kappa shape index (κ2) is 5.09. The lowest BCUT2D eigenvalue weighted by Gasteiger charge is -2.38. The molecule has 1 aliphatic carbocycles. The number of rotatable bonds is 4. The first-order valence-electron chi connectivity index (χ1n) is 6.07. The van der Waals surface area contributed by atoms with Crippen molar-refractivity contribution in [3.8, 4) is 0 Å². The highest BCUT2D eigenvalue weighted by Gasteiger charge is 2.32. The van der Waals surface area contributed by atoms with E-state index in [0.29, 0.717) is 5.41 Å². The Morgan fingerprint density at radius 1 is 1.41 bits per heavy atom. The molecule has 0 bridgehead atoms. The summed E-state index contributed by atoms with van der Waals surface area (Å²) in [4.78, 5) is 11.9. The van der Waals surface area contributed by atoms with E-state index in [1.807, 2.05) is 30.3 Å². The minimum Gasteiger partial charge on any atom is -0.354 e. The molecule has 0 radical (unpaired) electrons. The van der Waals surface area contributed by atoms with Gasteiger partial charge in [0.2, 0.25) is 5.91 Å². The molecule has 1 fully saturated rings. The van der Waals surface area contributed by atoms with E-state index in [-0.39, 0.29) is 5.91 Å². The number of hydrogen-bond acceptors (Lipinski definition) is 1. The van der Waals surface area contributed by atoms with Gasteiger partial charge in [-0.3, -0.25) is 4.79 Å². The maximum absolute atomic E-state index is 11.9. The Hall–Kier alpha value is -1.02. The highest BCUT2D eigenvalue weighted by atomic mass is 35.5. The van der Waals surface area contributed by atoms with Crippen LogP contribution in [0.15, 0.2) is 30.3 Å². The first-order valence-corrected chi connectivity index (χ1v) is 6.51. The Morgan fingerprint density at radius 2 is 2.06 bits per heavy atom. The Bertz CT molecular complexity index is 386. The fourth-order valence-electron chi connectivity index (χ4n) is 2.12. The van der Waals surface area contributed by atoms with Crippen molar-refractivity contribution in [1.29, 1.82) is 0 Å². The molecule has 1 N–H and O–H groups in total. The Kier molecular flexibility index (Phi) is 3.72. The van der Waals surface area contributed by atoms with Crippen LogP contribution in [0.4, 0.5) is 0 Å². The van der Waals surface area contributed by atoms with Gasteiger partial charge in [-0.15, -0.1) is 11.6 Å². The summed E-state index contributed by atoms with van der Waals surface area (Å²) >= 11 is 6.13. The van der Waals surface area contributed by atoms with Crippen LogP contribution in [0.5, 0.6) is 0 Å². The number of alkyl halides is 1. The Labute approximate surface area is 107 Å². The molecular formula is C14H18ClNO. The third-order valence-corrected chi connectivity index (χ3v) is 4.02. The molecule has 2 nitrogen and oxygen atoms in total. The fourth-order valence-corrected chi connectivity index (χ4v) is 2.34. The molecule has 17 heavy (non-hydrogen) atoms. The van der Waals surface area contributed by atoms with Crippen molar-refractivity contribution < 1.29 is 4.79 Å². The summed E-state index contributed by atoms with van der Waals surface area (Å²) in [7, 11) is 0. The third kappa shape index (κ3) is 3.01. The summed E-state index contributed by atoms with van der Waals surface area (Å²) in [6, 6.07) is 9.46. The normalized spacial score (nSPS) is 19.2. The molecule has 0 saturated heterocycles. The topological polar surface area (TPSA) is 29.1 Å². The van der Waals surface area contributed by atoms with Crippen molar-refractivity contribution in [1.82, 2.24) is 5.32 Å². The van der Waals surface area contributed by atoms with Crippen molar-refractivity contribution in [3.63, 3.8) is 0 Å². The van der Waals surface area contributed by atoms with Crippen LogP contribution in [0, 0.1) is 5.41 Å². The molecule has 1 amide bonds. The maximum atomic E-state index is 11.9. The van der Waals surface area contributed by atoms with Crippen LogP contribution in [0.25, 0.3) is 0 Å². The van der Waals surface area contributed by atoms with Crippen LogP contribution in [0.1, 0.15) is 37.1 Å². The summed E-state index contributed by atoms with van der Waals surface area (Å²) < 4.78 is 0. The molecule has 1 aliphatic rings. The minimum absolute atomic E-state index is 0.0917. The Morgan fingerprint density at radius 3 is 2.59 bits per heavy atom. The fraction of sp³-hybridized carbons (Fsp3) is 0.500. The first kappa shape index (κ1) is 12.4. The van der Waals surface area contributed by atoms with Crippen molar-refractivity contribution in [2.45, 2.75) is 31.6 Å². The van der Waals surface area contributed by atoms with Gasteiger partial charge in [-0.25, -0.2) is 0 Å². The smallest absolute Gasteiger partial charge is 0.242 e. The predicted molar refractivity (Wildman–Crippen MR) is 70.0 cm³/mol. The summed E-state index contributed by atoms with van der Waals surface area (Å²) in [6.07, 6.45) is 3.67. The average molecular weight is 252 g/mol. The molecule has 92 valence electrons. The lowest BCUT2D eigenvalue weighted by Crippen LogP contribution is -2.41. The molecule has 1 aromatic rings. The van der Waals surface area contributed by atoms with Crippen LogP contribution < -0.4 is 5.32 Å². The standard InChI is InChI=1S/C14H18ClNO/c1-14(8-5-9-14)10-16-13(17)12(15)11-6-3-2-4-7-11/h2-4,6-7,12H,5,8-10H2,1H3,(H,16,17). The maximum Gasteiger partial charge on any atom is 0.242 e. The lowest BCUT2D eigenvalue weighted by molar-refractivity contribution is -0.121. The van der Waals surface area contributed by atoms with Gasteiger partial charge in [-0.1, -0.05) is 43.7 Å². The van der Waals surface area contributed by atoms with Crippen molar-refractivity contribution >= 4 is 17.5 Å². The van der Waals surface area contributed by atoms with Gasteiger partial charge >= 0.3 is 0 Å². The first-order chi connectivity index (χ1) is 8.11. The number of benzene rings is 1. The van der Waals surface area contributed by atoms with E-state index in [9.17, 15) is 4.79 Å². The van der Waals surface area contributed by atoms with Crippen LogP contribution in [0.2, 0.25) is 0 Å². The zero-order valence-electron chi connectivity index (χ0n) is 10.1. The summed E-state index contributed by atoms with van der Waals surface area (Å²) in [5.41, 5.74) is 1.15. The van der Waals surface area contributed by atoms with Crippen LogP contribution in [-0.2, 0) is 4.79 Å². The largest absolute Gasteiger partial charge is 0.354 e. The van der Waals surface area contributed by atoms with Gasteiger partial charge in [0.05, 0.1) is 0 Å². The number of carbonyl (C=O) groups is 1. The second-order valence-corrected chi connectivity index (χ2v) is 5.59. The third-order valence-electron chi connectivity index (χ3n) is 3.57. The van der Waals surface area contributed by atoms with Gasteiger partial charge in [0, 0.05) is 6.54 Å². The molecule has 0 aliphatic heterocycles. The number of nitrogens with one attached hydrogen (secondary N) is 1. The van der Waals surface area contributed by atoms with Gasteiger partial charge in [0.25, 0.3) is 0 Å². The number of halogens is 1. The molecule has 1 aromatic carbocycles. The van der Waals surface area contributed by atoms with E-state index in [1.54, 1.807) is 0 Å². The molecule has 1 unspecified atom stereocenters. The van der Waals surface area contributed by atoms with Gasteiger partial charge in [0.1, 0.15) is 5.38 Å². The summed E-state index contributed by atoms with van der Waals surface area (Å²) in [6.45, 7) is 2.95. The lowest BCUT2D eigenvalue weighted by atomic mass is 9.70. The van der Waals surface area contributed by atoms with E-state index < -0.39 is 5.38 Å². The molecular weight excluding hydrogens is 234 g/mol. The van der Waals surface area contributed by atoms with Gasteiger partial charge < -0.3 is 5.32 Å². The molecule has 0 heterocycles. The number of hydrogen-bond donors (Lipinski definition) is 1. The molecule has 0 spiro atoms. The van der Waals surface area contributed by atoms with Crippen LogP contribution in [0.3, 0.4) is 0 Å². The summed E-state index contributed by atoms with van der Waals surface area (Å²) in [5, 5.41) is 2.37. The zero-order chi connectivity index (χ0) is 12.3. The SMILES string of the molecule is CC1(CNC(=O)C(Cl)c2ccccc2)CCC1. The summed E-state index contributed by atoms with van der Waals surface area (Å²) in [5.74, 6) is -0.0917. The van der Waals surface area contributed by atoms with Crippen molar-refractivity contribution in [3.05, 3.63) is 35.9 Å². The predicted octanol–water partition coefficient (Wildman–Crippen LogP) is 3.27. The van der Waals surface area contributed by atoms with Crippen molar-refractivity contribution in [2.75, 3.05) is 6.54 Å². The number of carbonyl (C=O) groups excluding carboxylic acids is 1. The molecule has 0 aromatic heterocycles. The molecule has 1 saturated carbocycles.